The number of carbonyl (C=O) groups is 1. The molecule has 0 aliphatic rings. The summed E-state index contributed by atoms with van der Waals surface area (Å²) in [5.41, 5.74) is 4.18. The van der Waals surface area contributed by atoms with Crippen molar-refractivity contribution in [2.45, 2.75) is 20.0 Å². The molecule has 0 saturated carbocycles. The van der Waals surface area contributed by atoms with Crippen LogP contribution in [0.3, 0.4) is 0 Å². The first-order chi connectivity index (χ1) is 10.1. The first kappa shape index (κ1) is 14.7. The molecule has 1 N–H and O–H groups in total. The number of rotatable bonds is 5. The van der Waals surface area contributed by atoms with E-state index in [1.165, 1.54) is 6.21 Å². The van der Waals surface area contributed by atoms with Gasteiger partial charge < -0.3 is 4.74 Å². The van der Waals surface area contributed by atoms with Crippen molar-refractivity contribution in [3.8, 4) is 5.75 Å². The van der Waals surface area contributed by atoms with E-state index in [9.17, 15) is 4.79 Å². The summed E-state index contributed by atoms with van der Waals surface area (Å²) in [6.45, 7) is 3.64. The molecule has 0 aliphatic heterocycles. The minimum atomic E-state index is -0.632. The molecule has 2 aromatic rings. The van der Waals surface area contributed by atoms with Crippen LogP contribution < -0.4 is 10.2 Å². The van der Waals surface area contributed by atoms with Crippen LogP contribution in [-0.2, 0) is 4.79 Å². The molecule has 0 fully saturated rings. The third kappa shape index (κ3) is 4.72. The second-order valence-corrected chi connectivity index (χ2v) is 4.57. The quantitative estimate of drug-likeness (QED) is 0.676. The van der Waals surface area contributed by atoms with E-state index in [4.69, 9.17) is 4.74 Å². The molecule has 108 valence electrons. The molecular weight excluding hydrogens is 266 g/mol. The highest BCUT2D eigenvalue weighted by Gasteiger charge is 2.13. The number of aromatic nitrogens is 1. The molecule has 1 amide bonds. The lowest BCUT2D eigenvalue weighted by Crippen LogP contribution is -2.33. The van der Waals surface area contributed by atoms with Gasteiger partial charge in [0.05, 0.1) is 11.9 Å². The van der Waals surface area contributed by atoms with Crippen LogP contribution in [0.1, 0.15) is 18.2 Å². The molecule has 1 heterocycles. The molecule has 0 spiro atoms. The molecule has 1 aromatic heterocycles. The number of hydrogen-bond donors (Lipinski definition) is 1. The fourth-order valence-electron chi connectivity index (χ4n) is 1.65. The van der Waals surface area contributed by atoms with Gasteiger partial charge in [-0.15, -0.1) is 0 Å². The van der Waals surface area contributed by atoms with Gasteiger partial charge in [0, 0.05) is 6.20 Å². The molecule has 0 saturated heterocycles. The monoisotopic (exact) mass is 283 g/mol. The number of benzene rings is 1. The van der Waals surface area contributed by atoms with Gasteiger partial charge in [-0.1, -0.05) is 18.2 Å². The summed E-state index contributed by atoms with van der Waals surface area (Å²) >= 11 is 0. The molecule has 1 unspecified atom stereocenters. The zero-order valence-corrected chi connectivity index (χ0v) is 12.0. The Hall–Kier alpha value is -2.69. The van der Waals surface area contributed by atoms with E-state index in [0.29, 0.717) is 11.4 Å². The van der Waals surface area contributed by atoms with Crippen molar-refractivity contribution in [1.29, 1.82) is 0 Å². The third-order valence-electron chi connectivity index (χ3n) is 2.73. The number of amides is 1. The average molecular weight is 283 g/mol. The van der Waals surface area contributed by atoms with E-state index in [1.807, 2.05) is 43.3 Å². The third-order valence-corrected chi connectivity index (χ3v) is 2.73. The molecule has 5 nitrogen and oxygen atoms in total. The highest BCUT2D eigenvalue weighted by molar-refractivity contribution is 5.83. The summed E-state index contributed by atoms with van der Waals surface area (Å²) in [7, 11) is 0. The molecule has 1 atom stereocenters. The second-order valence-electron chi connectivity index (χ2n) is 4.57. The minimum Gasteiger partial charge on any atom is -0.481 e. The van der Waals surface area contributed by atoms with Gasteiger partial charge in [0.1, 0.15) is 5.75 Å². The van der Waals surface area contributed by atoms with Gasteiger partial charge in [-0.25, -0.2) is 5.43 Å². The Labute approximate surface area is 123 Å². The van der Waals surface area contributed by atoms with E-state index in [-0.39, 0.29) is 5.91 Å². The lowest BCUT2D eigenvalue weighted by atomic mass is 10.2. The maximum Gasteiger partial charge on any atom is 0.280 e. The normalized spacial score (nSPS) is 12.1. The molecule has 21 heavy (non-hydrogen) atoms. The Bertz CT molecular complexity index is 626. The largest absolute Gasteiger partial charge is 0.481 e. The van der Waals surface area contributed by atoms with Crippen LogP contribution >= 0.6 is 0 Å². The first-order valence-corrected chi connectivity index (χ1v) is 6.62. The van der Waals surface area contributed by atoms with Gasteiger partial charge in [0.25, 0.3) is 5.91 Å². The highest BCUT2D eigenvalue weighted by Crippen LogP contribution is 2.14. The smallest absolute Gasteiger partial charge is 0.280 e. The van der Waals surface area contributed by atoms with Crippen molar-refractivity contribution < 1.29 is 9.53 Å². The first-order valence-electron chi connectivity index (χ1n) is 6.62. The predicted molar refractivity (Wildman–Crippen MR) is 81.2 cm³/mol. The number of aryl methyl sites for hydroxylation is 1. The fourth-order valence-corrected chi connectivity index (χ4v) is 1.65. The molecule has 5 heteroatoms. The van der Waals surface area contributed by atoms with Crippen LogP contribution in [0, 0.1) is 6.92 Å². The van der Waals surface area contributed by atoms with Gasteiger partial charge in [-0.3, -0.25) is 9.78 Å². The summed E-state index contributed by atoms with van der Waals surface area (Å²) in [5.74, 6) is 0.343. The van der Waals surface area contributed by atoms with Crippen LogP contribution in [0.4, 0.5) is 0 Å². The maximum atomic E-state index is 11.9. The number of nitrogens with zero attached hydrogens (tertiary/aromatic N) is 2. The Morgan fingerprint density at radius 2 is 2.19 bits per heavy atom. The van der Waals surface area contributed by atoms with Crippen molar-refractivity contribution in [3.63, 3.8) is 0 Å². The van der Waals surface area contributed by atoms with E-state index < -0.39 is 6.10 Å². The number of nitrogens with one attached hydrogen (secondary N) is 1. The fraction of sp³-hybridized carbons (Fsp3) is 0.188. The Morgan fingerprint density at radius 3 is 2.90 bits per heavy atom. The van der Waals surface area contributed by atoms with E-state index in [1.54, 1.807) is 19.2 Å². The number of hydrazone groups is 1. The summed E-state index contributed by atoms with van der Waals surface area (Å²) < 4.78 is 5.56. The van der Waals surface area contributed by atoms with Gasteiger partial charge in [-0.2, -0.15) is 5.10 Å². The van der Waals surface area contributed by atoms with Gasteiger partial charge >= 0.3 is 0 Å². The summed E-state index contributed by atoms with van der Waals surface area (Å²) in [6, 6.07) is 13.0. The van der Waals surface area contributed by atoms with Gasteiger partial charge in [0.15, 0.2) is 6.10 Å². The standard InChI is InChI=1S/C16H17N3O2/c1-12-6-5-8-15(10-12)21-13(2)16(20)19-18-11-14-7-3-4-9-17-14/h3-11,13H,1-2H3,(H,19,20)/b18-11+. The topological polar surface area (TPSA) is 63.6 Å². The predicted octanol–water partition coefficient (Wildman–Crippen LogP) is 2.31. The molecular formula is C16H17N3O2. The lowest BCUT2D eigenvalue weighted by Gasteiger charge is -2.13. The SMILES string of the molecule is Cc1cccc(OC(C)C(=O)N/N=C/c2ccccn2)c1. The summed E-state index contributed by atoms with van der Waals surface area (Å²) in [6.07, 6.45) is 2.51. The summed E-state index contributed by atoms with van der Waals surface area (Å²) in [4.78, 5) is 15.9. The molecule has 0 aliphatic carbocycles. The van der Waals surface area contributed by atoms with Crippen molar-refractivity contribution >= 4 is 12.1 Å². The van der Waals surface area contributed by atoms with E-state index in [2.05, 4.69) is 15.5 Å². The van der Waals surface area contributed by atoms with Crippen LogP contribution in [0.2, 0.25) is 0 Å². The highest BCUT2D eigenvalue weighted by atomic mass is 16.5. The maximum absolute atomic E-state index is 11.9. The molecule has 2 rings (SSSR count). The zero-order chi connectivity index (χ0) is 15.1. The zero-order valence-electron chi connectivity index (χ0n) is 12.0. The average Bonchev–Trinajstić information content (AvgIpc) is 2.48. The van der Waals surface area contributed by atoms with Crippen LogP contribution in [-0.4, -0.2) is 23.2 Å². The van der Waals surface area contributed by atoms with Crippen LogP contribution in [0.5, 0.6) is 5.75 Å². The number of ether oxygens (including phenoxy) is 1. The van der Waals surface area contributed by atoms with Crippen molar-refractivity contribution in [2.75, 3.05) is 0 Å². The Kier molecular flexibility index (Phi) is 5.04. The van der Waals surface area contributed by atoms with Crippen molar-refractivity contribution in [1.82, 2.24) is 10.4 Å². The van der Waals surface area contributed by atoms with Gasteiger partial charge in [0.2, 0.25) is 0 Å². The number of hydrogen-bond acceptors (Lipinski definition) is 4. The second kappa shape index (κ2) is 7.19. The summed E-state index contributed by atoms with van der Waals surface area (Å²) in [5, 5.41) is 3.85. The molecule has 0 bridgehead atoms. The molecule has 1 aromatic carbocycles. The van der Waals surface area contributed by atoms with Crippen LogP contribution in [0.25, 0.3) is 0 Å². The van der Waals surface area contributed by atoms with E-state index in [0.717, 1.165) is 5.56 Å². The minimum absolute atomic E-state index is 0.316. The van der Waals surface area contributed by atoms with Crippen molar-refractivity contribution in [2.24, 2.45) is 5.10 Å². The lowest BCUT2D eigenvalue weighted by molar-refractivity contribution is -0.127. The van der Waals surface area contributed by atoms with E-state index >= 15 is 0 Å². The number of carbonyl (C=O) groups excluding carboxylic acids is 1. The van der Waals surface area contributed by atoms with Crippen molar-refractivity contribution in [3.05, 3.63) is 59.9 Å². The Morgan fingerprint density at radius 1 is 1.33 bits per heavy atom. The Balaban J connectivity index is 1.87. The van der Waals surface area contributed by atoms with Crippen LogP contribution in [0.15, 0.2) is 53.8 Å². The number of pyridine rings is 1. The van der Waals surface area contributed by atoms with Gasteiger partial charge in [-0.05, 0) is 43.7 Å². The molecule has 0 radical (unpaired) electrons.